The first-order chi connectivity index (χ1) is 11.2. The molecule has 0 radical (unpaired) electrons. The highest BCUT2D eigenvalue weighted by molar-refractivity contribution is 7.12. The lowest BCUT2D eigenvalue weighted by molar-refractivity contribution is 0.0958. The number of amides is 3. The van der Waals surface area contributed by atoms with E-state index in [4.69, 9.17) is 0 Å². The fourth-order valence-electron chi connectivity index (χ4n) is 2.69. The molecule has 3 amide bonds. The predicted molar refractivity (Wildman–Crippen MR) is 93.2 cm³/mol. The average Bonchev–Trinajstić information content (AvgIpc) is 3.22. The lowest BCUT2D eigenvalue weighted by atomic mass is 9.94. The number of aryl methyl sites for hydroxylation is 1. The molecule has 5 nitrogen and oxygen atoms in total. The Morgan fingerprint density at radius 1 is 1.13 bits per heavy atom. The Morgan fingerprint density at radius 3 is 2.83 bits per heavy atom. The first-order valence-corrected chi connectivity index (χ1v) is 9.42. The number of rotatable bonds is 5. The molecule has 2 heterocycles. The molecule has 3 rings (SSSR count). The van der Waals surface area contributed by atoms with Crippen molar-refractivity contribution in [2.75, 3.05) is 13.1 Å². The summed E-state index contributed by atoms with van der Waals surface area (Å²) in [5.74, 6) is -0.0996. The third kappa shape index (κ3) is 4.11. The van der Waals surface area contributed by atoms with E-state index in [1.165, 1.54) is 21.8 Å². The molecule has 1 aliphatic rings. The summed E-state index contributed by atoms with van der Waals surface area (Å²) in [5, 5.41) is 12.6. The number of hydrogen-bond donors (Lipinski definition) is 3. The molecule has 1 atom stereocenters. The Balaban J connectivity index is 1.38. The van der Waals surface area contributed by atoms with Gasteiger partial charge in [-0.1, -0.05) is 6.07 Å². The normalized spacial score (nSPS) is 16.4. The number of urea groups is 1. The Morgan fingerprint density at radius 2 is 2.00 bits per heavy atom. The maximum Gasteiger partial charge on any atom is 0.315 e. The van der Waals surface area contributed by atoms with E-state index in [9.17, 15) is 9.59 Å². The summed E-state index contributed by atoms with van der Waals surface area (Å²) in [6, 6.07) is 5.64. The van der Waals surface area contributed by atoms with Crippen LogP contribution < -0.4 is 16.0 Å². The molecule has 122 valence electrons. The van der Waals surface area contributed by atoms with Crippen LogP contribution in [0, 0.1) is 0 Å². The fraction of sp³-hybridized carbons (Fsp3) is 0.375. The zero-order valence-electron chi connectivity index (χ0n) is 12.6. The highest BCUT2D eigenvalue weighted by atomic mass is 32.1. The standard InChI is InChI=1S/C16H19N3O2S2/c20-15(14-5-2-9-22-14)17-7-8-18-16(21)19-12-3-1-4-13-11(12)6-10-23-13/h2,5-6,9-10,12H,1,3-4,7-8H2,(H,17,20)(H2,18,19,21). The van der Waals surface area contributed by atoms with Crippen LogP contribution in [-0.2, 0) is 6.42 Å². The molecule has 0 saturated heterocycles. The second-order valence-electron chi connectivity index (χ2n) is 5.38. The quantitative estimate of drug-likeness (QED) is 0.727. The molecule has 1 aliphatic carbocycles. The molecule has 0 spiro atoms. The van der Waals surface area contributed by atoms with Gasteiger partial charge in [0.15, 0.2) is 0 Å². The Hall–Kier alpha value is -1.86. The summed E-state index contributed by atoms with van der Waals surface area (Å²) in [6.45, 7) is 0.824. The largest absolute Gasteiger partial charge is 0.350 e. The van der Waals surface area contributed by atoms with Crippen molar-refractivity contribution >= 4 is 34.6 Å². The number of thiophene rings is 2. The molecule has 7 heteroatoms. The van der Waals surface area contributed by atoms with Gasteiger partial charge in [-0.05, 0) is 47.7 Å². The van der Waals surface area contributed by atoms with Crippen molar-refractivity contribution in [2.24, 2.45) is 0 Å². The second-order valence-corrected chi connectivity index (χ2v) is 7.33. The van der Waals surface area contributed by atoms with Gasteiger partial charge in [0.2, 0.25) is 0 Å². The van der Waals surface area contributed by atoms with E-state index in [1.807, 2.05) is 11.4 Å². The number of carbonyl (C=O) groups excluding carboxylic acids is 2. The van der Waals surface area contributed by atoms with Crippen molar-refractivity contribution in [3.05, 3.63) is 44.3 Å². The summed E-state index contributed by atoms with van der Waals surface area (Å²) in [4.78, 5) is 25.8. The number of nitrogens with one attached hydrogen (secondary N) is 3. The third-order valence-electron chi connectivity index (χ3n) is 3.80. The Kier molecular flexibility index (Phi) is 5.30. The second kappa shape index (κ2) is 7.61. The van der Waals surface area contributed by atoms with Crippen molar-refractivity contribution in [2.45, 2.75) is 25.3 Å². The molecule has 0 aliphatic heterocycles. The minimum atomic E-state index is -0.181. The SMILES string of the molecule is O=C(NCCNC(=O)c1cccs1)NC1CCCc2sccc21. The number of hydrogen-bond acceptors (Lipinski definition) is 4. The van der Waals surface area contributed by atoms with E-state index in [-0.39, 0.29) is 18.0 Å². The highest BCUT2D eigenvalue weighted by Gasteiger charge is 2.22. The van der Waals surface area contributed by atoms with Crippen molar-refractivity contribution in [1.29, 1.82) is 0 Å². The minimum absolute atomic E-state index is 0.0996. The van der Waals surface area contributed by atoms with Crippen molar-refractivity contribution in [3.63, 3.8) is 0 Å². The van der Waals surface area contributed by atoms with E-state index < -0.39 is 0 Å². The first-order valence-electron chi connectivity index (χ1n) is 7.66. The van der Waals surface area contributed by atoms with Gasteiger partial charge in [0, 0.05) is 18.0 Å². The first kappa shape index (κ1) is 16.0. The number of fused-ring (bicyclic) bond motifs is 1. The highest BCUT2D eigenvalue weighted by Crippen LogP contribution is 2.33. The van der Waals surface area contributed by atoms with Gasteiger partial charge in [-0.3, -0.25) is 4.79 Å². The van der Waals surface area contributed by atoms with Gasteiger partial charge in [-0.15, -0.1) is 22.7 Å². The Labute approximate surface area is 143 Å². The number of carbonyl (C=O) groups is 2. The van der Waals surface area contributed by atoms with Crippen molar-refractivity contribution in [3.8, 4) is 0 Å². The van der Waals surface area contributed by atoms with Gasteiger partial charge in [-0.2, -0.15) is 0 Å². The summed E-state index contributed by atoms with van der Waals surface area (Å²) in [6.07, 6.45) is 3.20. The molecule has 23 heavy (non-hydrogen) atoms. The lowest BCUT2D eigenvalue weighted by Crippen LogP contribution is -2.42. The van der Waals surface area contributed by atoms with E-state index in [2.05, 4.69) is 27.4 Å². The maximum absolute atomic E-state index is 12.0. The Bertz CT molecular complexity index is 667. The smallest absolute Gasteiger partial charge is 0.315 e. The van der Waals surface area contributed by atoms with Gasteiger partial charge < -0.3 is 16.0 Å². The summed E-state index contributed by atoms with van der Waals surface area (Å²) < 4.78 is 0. The van der Waals surface area contributed by atoms with E-state index >= 15 is 0 Å². The van der Waals surface area contributed by atoms with Crippen LogP contribution in [0.15, 0.2) is 29.0 Å². The van der Waals surface area contributed by atoms with Crippen molar-refractivity contribution in [1.82, 2.24) is 16.0 Å². The van der Waals surface area contributed by atoms with Crippen LogP contribution in [0.1, 0.15) is 39.0 Å². The van der Waals surface area contributed by atoms with Gasteiger partial charge in [-0.25, -0.2) is 4.79 Å². The fourth-order valence-corrected chi connectivity index (χ4v) is 4.32. The van der Waals surface area contributed by atoms with E-state index in [0.29, 0.717) is 18.0 Å². The van der Waals surface area contributed by atoms with E-state index in [0.717, 1.165) is 19.3 Å². The van der Waals surface area contributed by atoms with Gasteiger partial charge in [0.05, 0.1) is 10.9 Å². The molecule has 0 saturated carbocycles. The zero-order valence-corrected chi connectivity index (χ0v) is 14.3. The molecular formula is C16H19N3O2S2. The van der Waals surface area contributed by atoms with Crippen LogP contribution >= 0.6 is 22.7 Å². The average molecular weight is 349 g/mol. The third-order valence-corrected chi connectivity index (χ3v) is 5.66. The lowest BCUT2D eigenvalue weighted by Gasteiger charge is -2.23. The molecule has 0 fully saturated rings. The van der Waals surface area contributed by atoms with Crippen LogP contribution in [0.25, 0.3) is 0 Å². The summed E-state index contributed by atoms with van der Waals surface area (Å²) in [5.41, 5.74) is 1.25. The molecule has 2 aromatic heterocycles. The molecule has 0 aromatic carbocycles. The van der Waals surface area contributed by atoms with Gasteiger partial charge in [0.25, 0.3) is 5.91 Å². The molecular weight excluding hydrogens is 330 g/mol. The molecule has 2 aromatic rings. The van der Waals surface area contributed by atoms with Crippen LogP contribution in [0.3, 0.4) is 0 Å². The molecule has 1 unspecified atom stereocenters. The summed E-state index contributed by atoms with van der Waals surface area (Å²) in [7, 11) is 0. The van der Waals surface area contributed by atoms with Crippen LogP contribution in [0.4, 0.5) is 4.79 Å². The van der Waals surface area contributed by atoms with E-state index in [1.54, 1.807) is 17.4 Å². The van der Waals surface area contributed by atoms with Gasteiger partial charge in [0.1, 0.15) is 0 Å². The predicted octanol–water partition coefficient (Wildman–Crippen LogP) is 2.92. The minimum Gasteiger partial charge on any atom is -0.350 e. The van der Waals surface area contributed by atoms with Gasteiger partial charge >= 0.3 is 6.03 Å². The molecule has 0 bridgehead atoms. The van der Waals surface area contributed by atoms with Crippen LogP contribution in [0.2, 0.25) is 0 Å². The van der Waals surface area contributed by atoms with Crippen LogP contribution in [0.5, 0.6) is 0 Å². The monoisotopic (exact) mass is 349 g/mol. The zero-order chi connectivity index (χ0) is 16.1. The summed E-state index contributed by atoms with van der Waals surface area (Å²) >= 11 is 3.16. The van der Waals surface area contributed by atoms with Crippen LogP contribution in [-0.4, -0.2) is 25.0 Å². The van der Waals surface area contributed by atoms with Crippen molar-refractivity contribution < 1.29 is 9.59 Å². The molecule has 3 N–H and O–H groups in total. The maximum atomic E-state index is 12.0. The topological polar surface area (TPSA) is 70.2 Å².